The first-order valence-electron chi connectivity index (χ1n) is 6.46. The van der Waals surface area contributed by atoms with Gasteiger partial charge in [-0.25, -0.2) is 4.39 Å². The molecule has 104 valence electrons. The lowest BCUT2D eigenvalue weighted by atomic mass is 10.1. The van der Waals surface area contributed by atoms with Crippen molar-refractivity contribution in [3.63, 3.8) is 0 Å². The molecule has 0 spiro atoms. The number of fused-ring (bicyclic) bond motifs is 1. The van der Waals surface area contributed by atoms with Crippen LogP contribution in [0.25, 0.3) is 10.9 Å². The predicted molar refractivity (Wildman–Crippen MR) is 83.9 cm³/mol. The third kappa shape index (κ3) is 3.00. The van der Waals surface area contributed by atoms with Gasteiger partial charge in [-0.1, -0.05) is 24.3 Å². The van der Waals surface area contributed by atoms with Crippen LogP contribution >= 0.6 is 15.9 Å². The van der Waals surface area contributed by atoms with Crippen LogP contribution in [-0.2, 0) is 6.42 Å². The maximum absolute atomic E-state index is 13.1. The summed E-state index contributed by atoms with van der Waals surface area (Å²) in [6.45, 7) is 0. The van der Waals surface area contributed by atoms with Crippen molar-refractivity contribution in [3.8, 4) is 0 Å². The lowest BCUT2D eigenvalue weighted by molar-refractivity contribution is 0.0991. The molecule has 1 heterocycles. The van der Waals surface area contributed by atoms with Gasteiger partial charge in [0.1, 0.15) is 5.82 Å². The van der Waals surface area contributed by atoms with E-state index in [4.69, 9.17) is 0 Å². The number of pyridine rings is 1. The van der Waals surface area contributed by atoms with Gasteiger partial charge in [-0.05, 0) is 46.3 Å². The molecule has 0 bridgehead atoms. The fourth-order valence-corrected chi connectivity index (χ4v) is 2.75. The molecule has 0 unspecified atom stereocenters. The van der Waals surface area contributed by atoms with Gasteiger partial charge in [-0.3, -0.25) is 9.78 Å². The Hall–Kier alpha value is -2.07. The number of benzene rings is 2. The number of hydrogen-bond donors (Lipinski definition) is 0. The molecule has 0 amide bonds. The topological polar surface area (TPSA) is 30.0 Å². The Bertz CT molecular complexity index is 832. The summed E-state index contributed by atoms with van der Waals surface area (Å²) in [7, 11) is 0. The van der Waals surface area contributed by atoms with E-state index in [0.717, 1.165) is 10.9 Å². The van der Waals surface area contributed by atoms with Gasteiger partial charge >= 0.3 is 0 Å². The van der Waals surface area contributed by atoms with Crippen molar-refractivity contribution in [1.82, 2.24) is 4.98 Å². The molecule has 2 nitrogen and oxygen atoms in total. The van der Waals surface area contributed by atoms with Gasteiger partial charge < -0.3 is 0 Å². The van der Waals surface area contributed by atoms with Gasteiger partial charge in [0.25, 0.3) is 0 Å². The van der Waals surface area contributed by atoms with E-state index in [9.17, 15) is 9.18 Å². The minimum absolute atomic E-state index is 0.0929. The largest absolute Gasteiger partial charge is 0.294 e. The molecule has 3 rings (SSSR count). The van der Waals surface area contributed by atoms with Gasteiger partial charge in [0.15, 0.2) is 5.78 Å². The predicted octanol–water partition coefficient (Wildman–Crippen LogP) is 4.56. The maximum atomic E-state index is 13.1. The van der Waals surface area contributed by atoms with Gasteiger partial charge in [-0.2, -0.15) is 0 Å². The molecular weight excluding hydrogens is 333 g/mol. The number of hydrogen-bond acceptors (Lipinski definition) is 2. The van der Waals surface area contributed by atoms with Gasteiger partial charge in [-0.15, -0.1) is 0 Å². The van der Waals surface area contributed by atoms with Gasteiger partial charge in [0, 0.05) is 21.1 Å². The Morgan fingerprint density at radius 3 is 2.71 bits per heavy atom. The Kier molecular flexibility index (Phi) is 3.80. The Morgan fingerprint density at radius 1 is 1.10 bits per heavy atom. The van der Waals surface area contributed by atoms with E-state index in [1.54, 1.807) is 0 Å². The van der Waals surface area contributed by atoms with Crippen LogP contribution in [0.2, 0.25) is 0 Å². The van der Waals surface area contributed by atoms with Crippen molar-refractivity contribution < 1.29 is 9.18 Å². The number of nitrogens with zero attached hydrogens (tertiary/aromatic N) is 1. The average molecular weight is 344 g/mol. The number of para-hydroxylation sites is 1. The molecule has 2 aromatic carbocycles. The first-order valence-corrected chi connectivity index (χ1v) is 7.26. The molecule has 0 fully saturated rings. The Balaban J connectivity index is 1.89. The number of aromatic nitrogens is 1. The summed E-state index contributed by atoms with van der Waals surface area (Å²) in [6, 6.07) is 15.6. The maximum Gasteiger partial charge on any atom is 0.169 e. The molecule has 0 radical (unpaired) electrons. The van der Waals surface area contributed by atoms with Crippen LogP contribution in [0.5, 0.6) is 0 Å². The summed E-state index contributed by atoms with van der Waals surface area (Å²) in [4.78, 5) is 16.8. The van der Waals surface area contributed by atoms with Gasteiger partial charge in [0.05, 0.1) is 11.9 Å². The quantitative estimate of drug-likeness (QED) is 0.652. The lowest BCUT2D eigenvalue weighted by Crippen LogP contribution is -2.06. The Labute approximate surface area is 129 Å². The van der Waals surface area contributed by atoms with Crippen molar-refractivity contribution in [3.05, 3.63) is 76.1 Å². The van der Waals surface area contributed by atoms with E-state index in [1.165, 1.54) is 18.2 Å². The fourth-order valence-electron chi connectivity index (χ4n) is 2.18. The third-order valence-corrected chi connectivity index (χ3v) is 3.89. The van der Waals surface area contributed by atoms with E-state index in [0.29, 0.717) is 15.7 Å². The van der Waals surface area contributed by atoms with Crippen LogP contribution in [0.3, 0.4) is 0 Å². The molecular formula is C17H11BrFNO. The zero-order valence-corrected chi connectivity index (χ0v) is 12.6. The zero-order valence-electron chi connectivity index (χ0n) is 11.0. The second kappa shape index (κ2) is 5.74. The van der Waals surface area contributed by atoms with Crippen LogP contribution in [0.15, 0.2) is 59.1 Å². The number of halogens is 2. The molecule has 4 heteroatoms. The van der Waals surface area contributed by atoms with Crippen LogP contribution in [0, 0.1) is 5.82 Å². The van der Waals surface area contributed by atoms with Crippen molar-refractivity contribution in [2.45, 2.75) is 6.42 Å². The first kappa shape index (κ1) is 13.9. The summed E-state index contributed by atoms with van der Waals surface area (Å²) in [6.07, 6.45) is 0.190. The number of ketones is 1. The third-order valence-electron chi connectivity index (χ3n) is 3.23. The van der Waals surface area contributed by atoms with E-state index < -0.39 is 0 Å². The smallest absolute Gasteiger partial charge is 0.169 e. The Morgan fingerprint density at radius 2 is 1.90 bits per heavy atom. The average Bonchev–Trinajstić information content (AvgIpc) is 2.47. The standard InChI is InChI=1S/C17H11BrFNO/c18-15-9-12(19)6-8-14(15)17(21)10-13-7-5-11-3-1-2-4-16(11)20-13/h1-9H,10H2. The van der Waals surface area contributed by atoms with E-state index in [1.807, 2.05) is 36.4 Å². The normalized spacial score (nSPS) is 10.8. The molecule has 0 aliphatic carbocycles. The molecule has 0 saturated heterocycles. The fraction of sp³-hybridized carbons (Fsp3) is 0.0588. The highest BCUT2D eigenvalue weighted by Gasteiger charge is 2.12. The van der Waals surface area contributed by atoms with E-state index >= 15 is 0 Å². The summed E-state index contributed by atoms with van der Waals surface area (Å²) in [5.41, 5.74) is 2.03. The van der Waals surface area contributed by atoms with Crippen LogP contribution in [0.1, 0.15) is 16.1 Å². The highest BCUT2D eigenvalue weighted by Crippen LogP contribution is 2.20. The second-order valence-corrected chi connectivity index (χ2v) is 5.57. The lowest BCUT2D eigenvalue weighted by Gasteiger charge is -2.05. The number of carbonyl (C=O) groups is 1. The zero-order chi connectivity index (χ0) is 14.8. The number of carbonyl (C=O) groups excluding carboxylic acids is 1. The van der Waals surface area contributed by atoms with E-state index in [2.05, 4.69) is 20.9 Å². The molecule has 3 aromatic rings. The molecule has 0 aliphatic rings. The number of Topliss-reactive ketones (excluding diaryl/α,β-unsaturated/α-hetero) is 1. The van der Waals surface area contributed by atoms with Crippen LogP contribution in [0.4, 0.5) is 4.39 Å². The van der Waals surface area contributed by atoms with Crippen molar-refractivity contribution in [1.29, 1.82) is 0 Å². The summed E-state index contributed by atoms with van der Waals surface area (Å²) in [5.74, 6) is -0.466. The summed E-state index contributed by atoms with van der Waals surface area (Å²) >= 11 is 3.22. The van der Waals surface area contributed by atoms with E-state index in [-0.39, 0.29) is 18.0 Å². The summed E-state index contributed by atoms with van der Waals surface area (Å²) in [5, 5.41) is 1.04. The molecule has 0 aliphatic heterocycles. The highest BCUT2D eigenvalue weighted by atomic mass is 79.9. The molecule has 0 atom stereocenters. The second-order valence-electron chi connectivity index (χ2n) is 4.72. The van der Waals surface area contributed by atoms with Crippen molar-refractivity contribution >= 4 is 32.6 Å². The monoisotopic (exact) mass is 343 g/mol. The van der Waals surface area contributed by atoms with Crippen LogP contribution < -0.4 is 0 Å². The highest BCUT2D eigenvalue weighted by molar-refractivity contribution is 9.10. The van der Waals surface area contributed by atoms with Crippen molar-refractivity contribution in [2.75, 3.05) is 0 Å². The minimum Gasteiger partial charge on any atom is -0.294 e. The number of rotatable bonds is 3. The molecule has 1 aromatic heterocycles. The SMILES string of the molecule is O=C(Cc1ccc2ccccc2n1)c1ccc(F)cc1Br. The van der Waals surface area contributed by atoms with Crippen LogP contribution in [-0.4, -0.2) is 10.8 Å². The van der Waals surface area contributed by atoms with Gasteiger partial charge in [0.2, 0.25) is 0 Å². The first-order chi connectivity index (χ1) is 10.1. The molecule has 0 saturated carbocycles. The molecule has 21 heavy (non-hydrogen) atoms. The summed E-state index contributed by atoms with van der Waals surface area (Å²) < 4.78 is 13.5. The van der Waals surface area contributed by atoms with Crippen molar-refractivity contribution in [2.24, 2.45) is 0 Å². The molecule has 0 N–H and O–H groups in total. The minimum atomic E-state index is -0.373.